The lowest BCUT2D eigenvalue weighted by Crippen LogP contribution is -2.12. The van der Waals surface area contributed by atoms with Crippen molar-refractivity contribution < 1.29 is 9.15 Å². The Morgan fingerprint density at radius 1 is 0.738 bits per heavy atom. The predicted molar refractivity (Wildman–Crippen MR) is 168 cm³/mol. The molecule has 0 unspecified atom stereocenters. The average Bonchev–Trinajstić information content (AvgIpc) is 3.73. The van der Waals surface area contributed by atoms with Gasteiger partial charge in [0.25, 0.3) is 0 Å². The molecule has 0 aliphatic rings. The van der Waals surface area contributed by atoms with Crippen molar-refractivity contribution in [1.82, 2.24) is 19.1 Å². The van der Waals surface area contributed by atoms with Crippen molar-refractivity contribution >= 4 is 43.7 Å². The zero-order valence-corrected chi connectivity index (χ0v) is 23.6. The second-order valence-corrected chi connectivity index (χ2v) is 11.7. The predicted octanol–water partition coefficient (Wildman–Crippen LogP) is 9.35. The number of hydrogen-bond donors (Lipinski definition) is 0. The molecule has 4 aromatic heterocycles. The molecule has 0 saturated heterocycles. The largest absolute Gasteiger partial charge is 0.453 e. The van der Waals surface area contributed by atoms with Gasteiger partial charge < -0.3 is 13.7 Å². The quantitative estimate of drug-likeness (QED) is 0.220. The Kier molecular flexibility index (Phi) is 5.28. The smallest absolute Gasteiger partial charge is 0.178 e. The van der Waals surface area contributed by atoms with Crippen LogP contribution in [0.2, 0.25) is 0 Å². The highest BCUT2D eigenvalue weighted by molar-refractivity contribution is 6.10. The van der Waals surface area contributed by atoms with Gasteiger partial charge in [0.2, 0.25) is 0 Å². The Morgan fingerprint density at radius 2 is 1.55 bits per heavy atom. The maximum absolute atomic E-state index is 6.67. The number of pyridine rings is 1. The first-order valence-electron chi connectivity index (χ1n) is 14.1. The number of ether oxygens (including phenoxy) is 1. The second-order valence-electron chi connectivity index (χ2n) is 11.7. The summed E-state index contributed by atoms with van der Waals surface area (Å²) < 4.78 is 17.2. The first-order chi connectivity index (χ1) is 20.4. The van der Waals surface area contributed by atoms with Gasteiger partial charge in [-0.15, -0.1) is 0 Å². The molecule has 42 heavy (non-hydrogen) atoms. The van der Waals surface area contributed by atoms with E-state index in [1.165, 1.54) is 10.9 Å². The number of benzene rings is 4. The minimum Gasteiger partial charge on any atom is -0.453 e. The summed E-state index contributed by atoms with van der Waals surface area (Å²) in [6.45, 7) is 6.67. The molecule has 0 aliphatic heterocycles. The number of para-hydroxylation sites is 2. The molecule has 8 rings (SSSR count). The highest BCUT2D eigenvalue weighted by Crippen LogP contribution is 2.40. The van der Waals surface area contributed by atoms with Crippen molar-refractivity contribution in [3.05, 3.63) is 121 Å². The summed E-state index contributed by atoms with van der Waals surface area (Å²) in [7, 11) is 0. The summed E-state index contributed by atoms with van der Waals surface area (Å²) >= 11 is 0. The fourth-order valence-electron chi connectivity index (χ4n) is 5.81. The van der Waals surface area contributed by atoms with Crippen LogP contribution in [0.25, 0.3) is 55.2 Å². The minimum absolute atomic E-state index is 0.00291. The maximum atomic E-state index is 6.67. The summed E-state index contributed by atoms with van der Waals surface area (Å²) in [5.74, 6) is 2.23. The van der Waals surface area contributed by atoms with Crippen molar-refractivity contribution in [3.8, 4) is 23.0 Å². The number of imidazole rings is 1. The molecule has 0 aliphatic carbocycles. The van der Waals surface area contributed by atoms with E-state index >= 15 is 0 Å². The molecule has 204 valence electrons. The normalized spacial score (nSPS) is 12.2. The summed E-state index contributed by atoms with van der Waals surface area (Å²) in [6.07, 6.45) is 7.39. The van der Waals surface area contributed by atoms with Gasteiger partial charge in [0, 0.05) is 52.3 Å². The number of furan rings is 1. The number of rotatable bonds is 4. The zero-order chi connectivity index (χ0) is 28.4. The van der Waals surface area contributed by atoms with E-state index in [4.69, 9.17) is 14.1 Å². The monoisotopic (exact) mass is 548 g/mol. The Balaban J connectivity index is 1.33. The fourth-order valence-corrected chi connectivity index (χ4v) is 5.81. The molecule has 6 nitrogen and oxygen atoms in total. The number of nitrogens with zero attached hydrogens (tertiary/aromatic N) is 4. The van der Waals surface area contributed by atoms with Gasteiger partial charge in [0.05, 0.1) is 23.0 Å². The summed E-state index contributed by atoms with van der Waals surface area (Å²) in [6, 6.07) is 31.2. The molecule has 0 amide bonds. The highest BCUT2D eigenvalue weighted by atomic mass is 16.5. The Labute approximate surface area is 242 Å². The van der Waals surface area contributed by atoms with E-state index in [-0.39, 0.29) is 5.41 Å². The number of fused-ring (bicyclic) bond motifs is 6. The first kappa shape index (κ1) is 24.4. The minimum atomic E-state index is 0.00291. The van der Waals surface area contributed by atoms with Crippen LogP contribution in [0.15, 0.2) is 120 Å². The molecule has 4 heterocycles. The lowest BCUT2D eigenvalue weighted by Gasteiger charge is -2.20. The van der Waals surface area contributed by atoms with E-state index in [0.717, 1.165) is 44.3 Å². The first-order valence-corrected chi connectivity index (χ1v) is 14.1. The molecule has 8 aromatic rings. The van der Waals surface area contributed by atoms with Crippen molar-refractivity contribution in [2.24, 2.45) is 0 Å². The van der Waals surface area contributed by atoms with E-state index in [9.17, 15) is 0 Å². The molecule has 0 N–H and O–H groups in total. The van der Waals surface area contributed by atoms with Gasteiger partial charge in [-0.1, -0.05) is 57.2 Å². The summed E-state index contributed by atoms with van der Waals surface area (Å²) in [5.41, 5.74) is 5.84. The molecule has 0 spiro atoms. The van der Waals surface area contributed by atoms with Crippen LogP contribution in [0.4, 0.5) is 0 Å². The molecule has 0 bridgehead atoms. The Morgan fingerprint density at radius 3 is 2.38 bits per heavy atom. The third kappa shape index (κ3) is 3.87. The van der Waals surface area contributed by atoms with E-state index in [1.54, 1.807) is 12.5 Å². The van der Waals surface area contributed by atoms with Crippen LogP contribution in [-0.4, -0.2) is 19.1 Å². The van der Waals surface area contributed by atoms with Gasteiger partial charge in [-0.25, -0.2) is 9.97 Å². The van der Waals surface area contributed by atoms with Gasteiger partial charge in [-0.05, 0) is 53.4 Å². The second kappa shape index (κ2) is 9.08. The molecule has 0 saturated carbocycles. The molecular formula is C36H28N4O2. The van der Waals surface area contributed by atoms with Crippen molar-refractivity contribution in [2.75, 3.05) is 0 Å². The lowest BCUT2D eigenvalue weighted by atomic mass is 9.88. The fraction of sp³-hybridized carbons (Fsp3) is 0.111. The third-order valence-electron chi connectivity index (χ3n) is 7.95. The third-order valence-corrected chi connectivity index (χ3v) is 7.95. The Bertz CT molecular complexity index is 2270. The van der Waals surface area contributed by atoms with Crippen LogP contribution in [0, 0.1) is 0 Å². The highest BCUT2D eigenvalue weighted by Gasteiger charge is 2.19. The topological polar surface area (TPSA) is 58.0 Å². The summed E-state index contributed by atoms with van der Waals surface area (Å²) in [5, 5.41) is 4.34. The number of hydrogen-bond acceptors (Lipinski definition) is 4. The van der Waals surface area contributed by atoms with Crippen LogP contribution in [0.1, 0.15) is 26.3 Å². The lowest BCUT2D eigenvalue weighted by molar-refractivity contribution is 0.476. The van der Waals surface area contributed by atoms with E-state index in [0.29, 0.717) is 17.1 Å². The van der Waals surface area contributed by atoms with Crippen LogP contribution >= 0.6 is 0 Å². The van der Waals surface area contributed by atoms with Crippen LogP contribution in [-0.2, 0) is 5.41 Å². The molecule has 0 fully saturated rings. The SMILES string of the molecule is CC(C)(C)c1ccnc(-n2c3ccccc3c3ccc(Oc4cc(-n5ccnc5)cc5c4oc4ccccc45)cc32)c1. The van der Waals surface area contributed by atoms with Crippen LogP contribution < -0.4 is 4.74 Å². The molecule has 4 aromatic carbocycles. The standard InChI is InChI=1S/C36H28N4O2/c1-36(2,3)23-14-15-38-34(18-23)40-30-10-6-4-8-26(30)27-13-12-25(21-31(27)40)41-33-20-24(39-17-16-37-22-39)19-29-28-9-5-7-11-32(28)42-35(29)33/h4-22H,1-3H3. The van der Waals surface area contributed by atoms with Gasteiger partial charge in [0.1, 0.15) is 17.2 Å². The molecular weight excluding hydrogens is 520 g/mol. The molecule has 0 radical (unpaired) electrons. The Hall–Kier alpha value is -5.36. The van der Waals surface area contributed by atoms with Crippen molar-refractivity contribution in [2.45, 2.75) is 26.2 Å². The van der Waals surface area contributed by atoms with Crippen LogP contribution in [0.5, 0.6) is 11.5 Å². The summed E-state index contributed by atoms with van der Waals surface area (Å²) in [4.78, 5) is 9.06. The van der Waals surface area contributed by atoms with E-state index in [2.05, 4.69) is 91.0 Å². The zero-order valence-electron chi connectivity index (χ0n) is 23.6. The van der Waals surface area contributed by atoms with Gasteiger partial charge in [-0.2, -0.15) is 0 Å². The molecule has 6 heteroatoms. The van der Waals surface area contributed by atoms with Crippen molar-refractivity contribution in [3.63, 3.8) is 0 Å². The van der Waals surface area contributed by atoms with Gasteiger partial charge in [-0.3, -0.25) is 4.57 Å². The number of aromatic nitrogens is 4. The van der Waals surface area contributed by atoms with Gasteiger partial charge in [0.15, 0.2) is 11.3 Å². The maximum Gasteiger partial charge on any atom is 0.178 e. The average molecular weight is 549 g/mol. The van der Waals surface area contributed by atoms with Crippen LogP contribution in [0.3, 0.4) is 0 Å². The van der Waals surface area contributed by atoms with Crippen molar-refractivity contribution in [1.29, 1.82) is 0 Å². The van der Waals surface area contributed by atoms with E-state index in [1.807, 2.05) is 47.3 Å². The molecule has 0 atom stereocenters. The van der Waals surface area contributed by atoms with Gasteiger partial charge >= 0.3 is 0 Å². The van der Waals surface area contributed by atoms with E-state index < -0.39 is 0 Å².